The van der Waals surface area contributed by atoms with Crippen molar-refractivity contribution in [3.63, 3.8) is 0 Å². The summed E-state index contributed by atoms with van der Waals surface area (Å²) in [6.07, 6.45) is 5.80. The zero-order valence-corrected chi connectivity index (χ0v) is 17.1. The van der Waals surface area contributed by atoms with Crippen LogP contribution in [0.3, 0.4) is 0 Å². The highest BCUT2D eigenvalue weighted by Crippen LogP contribution is 2.18. The number of anilines is 1. The van der Waals surface area contributed by atoms with Gasteiger partial charge in [-0.2, -0.15) is 0 Å². The van der Waals surface area contributed by atoms with Gasteiger partial charge < -0.3 is 14.5 Å². The van der Waals surface area contributed by atoms with Crippen molar-refractivity contribution < 1.29 is 9.53 Å². The van der Waals surface area contributed by atoms with Crippen molar-refractivity contribution in [3.05, 3.63) is 71.3 Å². The topological polar surface area (TPSA) is 32.8 Å². The minimum absolute atomic E-state index is 0.0219. The van der Waals surface area contributed by atoms with E-state index in [1.54, 1.807) is 6.08 Å². The third-order valence-electron chi connectivity index (χ3n) is 5.05. The van der Waals surface area contributed by atoms with Gasteiger partial charge in [-0.05, 0) is 49.1 Å². The Morgan fingerprint density at radius 1 is 1.18 bits per heavy atom. The zero-order valence-electron chi connectivity index (χ0n) is 17.1. The van der Waals surface area contributed by atoms with Crippen molar-refractivity contribution in [2.24, 2.45) is 0 Å². The van der Waals surface area contributed by atoms with Crippen LogP contribution in [-0.4, -0.2) is 44.2 Å². The van der Waals surface area contributed by atoms with E-state index in [0.717, 1.165) is 36.3 Å². The molecule has 148 valence electrons. The van der Waals surface area contributed by atoms with Gasteiger partial charge in [0.05, 0.1) is 6.10 Å². The van der Waals surface area contributed by atoms with Gasteiger partial charge in [-0.25, -0.2) is 0 Å². The van der Waals surface area contributed by atoms with Crippen molar-refractivity contribution in [1.82, 2.24) is 4.90 Å². The Hall–Kier alpha value is -2.59. The third-order valence-corrected chi connectivity index (χ3v) is 5.05. The third kappa shape index (κ3) is 5.70. The molecule has 0 radical (unpaired) electrons. The molecule has 0 spiro atoms. The van der Waals surface area contributed by atoms with E-state index in [4.69, 9.17) is 4.74 Å². The molecule has 0 N–H and O–H groups in total. The number of rotatable bonds is 7. The first-order valence-electron chi connectivity index (χ1n) is 9.93. The van der Waals surface area contributed by atoms with E-state index < -0.39 is 0 Å². The molecule has 1 saturated heterocycles. The normalized spacial score (nSPS) is 16.5. The number of hydrogen-bond acceptors (Lipinski definition) is 3. The van der Waals surface area contributed by atoms with Crippen LogP contribution in [0.25, 0.3) is 6.08 Å². The Morgan fingerprint density at radius 2 is 1.96 bits per heavy atom. The fraction of sp³-hybridized carbons (Fsp3) is 0.375. The van der Waals surface area contributed by atoms with Gasteiger partial charge in [0.2, 0.25) is 5.91 Å². The quantitative estimate of drug-likeness (QED) is 0.674. The summed E-state index contributed by atoms with van der Waals surface area (Å²) in [5, 5.41) is 0. The number of amides is 1. The molecule has 1 aliphatic rings. The molecule has 28 heavy (non-hydrogen) atoms. The van der Waals surface area contributed by atoms with Gasteiger partial charge in [-0.15, -0.1) is 0 Å². The molecule has 2 aromatic carbocycles. The first-order valence-corrected chi connectivity index (χ1v) is 9.93. The number of aryl methyl sites for hydroxylation is 1. The van der Waals surface area contributed by atoms with E-state index in [2.05, 4.69) is 48.2 Å². The van der Waals surface area contributed by atoms with Crippen molar-refractivity contribution in [1.29, 1.82) is 0 Å². The summed E-state index contributed by atoms with van der Waals surface area (Å²) in [4.78, 5) is 16.9. The van der Waals surface area contributed by atoms with E-state index in [1.807, 2.05) is 37.2 Å². The summed E-state index contributed by atoms with van der Waals surface area (Å²) >= 11 is 0. The van der Waals surface area contributed by atoms with E-state index in [1.165, 1.54) is 5.56 Å². The summed E-state index contributed by atoms with van der Waals surface area (Å²) in [6, 6.07) is 16.5. The van der Waals surface area contributed by atoms with Gasteiger partial charge in [0.1, 0.15) is 0 Å². The second-order valence-electron chi connectivity index (χ2n) is 7.66. The van der Waals surface area contributed by atoms with Crippen LogP contribution in [0.2, 0.25) is 0 Å². The highest BCUT2D eigenvalue weighted by atomic mass is 16.5. The van der Waals surface area contributed by atoms with Crippen molar-refractivity contribution in [3.8, 4) is 0 Å². The molecule has 2 aromatic rings. The molecule has 0 aromatic heterocycles. The molecule has 3 rings (SSSR count). The van der Waals surface area contributed by atoms with Crippen molar-refractivity contribution >= 4 is 17.7 Å². The van der Waals surface area contributed by atoms with E-state index in [-0.39, 0.29) is 12.0 Å². The van der Waals surface area contributed by atoms with Gasteiger partial charge in [0.25, 0.3) is 0 Å². The summed E-state index contributed by atoms with van der Waals surface area (Å²) in [6.45, 7) is 4.07. The average Bonchev–Trinajstić information content (AvgIpc) is 3.19. The lowest BCUT2D eigenvalue weighted by molar-refractivity contribution is -0.128. The van der Waals surface area contributed by atoms with Crippen LogP contribution in [-0.2, 0) is 16.1 Å². The van der Waals surface area contributed by atoms with E-state index in [0.29, 0.717) is 13.1 Å². The molecule has 1 fully saturated rings. The largest absolute Gasteiger partial charge is 0.378 e. The van der Waals surface area contributed by atoms with Crippen molar-refractivity contribution in [2.45, 2.75) is 32.4 Å². The predicted octanol–water partition coefficient (Wildman–Crippen LogP) is 4.28. The average molecular weight is 379 g/mol. The van der Waals surface area contributed by atoms with Crippen LogP contribution < -0.4 is 4.90 Å². The maximum atomic E-state index is 12.9. The molecule has 4 nitrogen and oxygen atoms in total. The van der Waals surface area contributed by atoms with Gasteiger partial charge in [0.15, 0.2) is 0 Å². The number of hydrogen-bond donors (Lipinski definition) is 0. The highest BCUT2D eigenvalue weighted by Gasteiger charge is 2.21. The van der Waals surface area contributed by atoms with Gasteiger partial charge >= 0.3 is 0 Å². The molecule has 1 unspecified atom stereocenters. The first kappa shape index (κ1) is 20.2. The lowest BCUT2D eigenvalue weighted by atomic mass is 10.1. The minimum atomic E-state index is 0.0219. The summed E-state index contributed by atoms with van der Waals surface area (Å²) < 4.78 is 5.78. The second kappa shape index (κ2) is 9.56. The fourth-order valence-corrected chi connectivity index (χ4v) is 3.43. The maximum absolute atomic E-state index is 12.9. The molecule has 4 heteroatoms. The van der Waals surface area contributed by atoms with Gasteiger partial charge in [-0.1, -0.05) is 42.0 Å². The lowest BCUT2D eigenvalue weighted by Gasteiger charge is -2.25. The molecule has 1 aliphatic heterocycles. The summed E-state index contributed by atoms with van der Waals surface area (Å²) in [5.74, 6) is 0.0219. The standard InChI is InChI=1S/C24H30N2O2/c1-19-6-4-7-20(16-19)11-14-24(27)26(18-23-8-5-15-28-23)17-21-9-12-22(13-10-21)25(2)3/h4,6-7,9-14,16,23H,5,8,15,17-18H2,1-3H3/b14-11+. The Labute approximate surface area is 168 Å². The van der Waals surface area contributed by atoms with Crippen molar-refractivity contribution in [2.75, 3.05) is 32.1 Å². The Bertz CT molecular complexity index is 806. The number of carbonyl (C=O) groups is 1. The van der Waals surface area contributed by atoms with E-state index >= 15 is 0 Å². The summed E-state index contributed by atoms with van der Waals surface area (Å²) in [7, 11) is 4.05. The first-order chi connectivity index (χ1) is 13.5. The monoisotopic (exact) mass is 378 g/mol. The predicted molar refractivity (Wildman–Crippen MR) is 115 cm³/mol. The van der Waals surface area contributed by atoms with Crippen LogP contribution in [0.15, 0.2) is 54.6 Å². The molecular weight excluding hydrogens is 348 g/mol. The molecule has 1 heterocycles. The van der Waals surface area contributed by atoms with Crippen LogP contribution in [0, 0.1) is 6.92 Å². The highest BCUT2D eigenvalue weighted by molar-refractivity contribution is 5.91. The molecule has 0 aliphatic carbocycles. The number of benzene rings is 2. The molecule has 1 atom stereocenters. The second-order valence-corrected chi connectivity index (χ2v) is 7.66. The van der Waals surface area contributed by atoms with Crippen LogP contribution >= 0.6 is 0 Å². The summed E-state index contributed by atoms with van der Waals surface area (Å²) in [5.41, 5.74) is 4.51. The molecular formula is C24H30N2O2. The Kier molecular flexibility index (Phi) is 6.88. The lowest BCUT2D eigenvalue weighted by Crippen LogP contribution is -2.35. The number of ether oxygens (including phenoxy) is 1. The Balaban J connectivity index is 1.72. The Morgan fingerprint density at radius 3 is 2.61 bits per heavy atom. The van der Waals surface area contributed by atoms with Crippen LogP contribution in [0.5, 0.6) is 0 Å². The minimum Gasteiger partial charge on any atom is -0.378 e. The number of carbonyl (C=O) groups excluding carboxylic acids is 1. The molecule has 0 saturated carbocycles. The van der Waals surface area contributed by atoms with Gasteiger partial charge in [-0.3, -0.25) is 4.79 Å². The van der Waals surface area contributed by atoms with Gasteiger partial charge in [0, 0.05) is 45.6 Å². The van der Waals surface area contributed by atoms with Crippen LogP contribution in [0.1, 0.15) is 29.5 Å². The van der Waals surface area contributed by atoms with Crippen LogP contribution in [0.4, 0.5) is 5.69 Å². The maximum Gasteiger partial charge on any atom is 0.246 e. The number of nitrogens with zero attached hydrogens (tertiary/aromatic N) is 2. The smallest absolute Gasteiger partial charge is 0.246 e. The van der Waals surface area contributed by atoms with E-state index in [9.17, 15) is 4.79 Å². The zero-order chi connectivity index (χ0) is 19.9. The fourth-order valence-electron chi connectivity index (χ4n) is 3.43. The molecule has 1 amide bonds. The molecule has 0 bridgehead atoms. The SMILES string of the molecule is Cc1cccc(/C=C/C(=O)N(Cc2ccc(N(C)C)cc2)CC2CCCO2)c1.